The second-order valence-electron chi connectivity index (χ2n) is 5.46. The first-order valence-electron chi connectivity index (χ1n) is 7.19. The number of β-amino-alcohol motifs (C(OH)–C–C–N with tert-alkyl or cyclic N) is 1. The molecule has 0 saturated carbocycles. The van der Waals surface area contributed by atoms with Crippen LogP contribution in [0, 0.1) is 17.1 Å². The summed E-state index contributed by atoms with van der Waals surface area (Å²) in [6.07, 6.45) is 1.06. The number of amides is 1. The number of hydrogen-bond donors (Lipinski definition) is 1. The minimum absolute atomic E-state index is 0.138. The van der Waals surface area contributed by atoms with Crippen molar-refractivity contribution < 1.29 is 14.3 Å². The molecule has 2 atom stereocenters. The zero-order valence-corrected chi connectivity index (χ0v) is 12.2. The van der Waals surface area contributed by atoms with Gasteiger partial charge < -0.3 is 10.0 Å². The van der Waals surface area contributed by atoms with Crippen LogP contribution >= 0.6 is 0 Å². The number of pyridine rings is 1. The highest BCUT2D eigenvalue weighted by Gasteiger charge is 2.36. The van der Waals surface area contributed by atoms with Gasteiger partial charge in [-0.3, -0.25) is 9.78 Å². The van der Waals surface area contributed by atoms with E-state index in [1.54, 1.807) is 12.1 Å². The largest absolute Gasteiger partial charge is 0.391 e. The van der Waals surface area contributed by atoms with Crippen LogP contribution in [0.2, 0.25) is 0 Å². The summed E-state index contributed by atoms with van der Waals surface area (Å²) < 4.78 is 13.5. The highest BCUT2D eigenvalue weighted by molar-refractivity contribution is 5.93. The topological polar surface area (TPSA) is 77.2 Å². The highest BCUT2D eigenvalue weighted by atomic mass is 19.1. The third-order valence-corrected chi connectivity index (χ3v) is 3.88. The van der Waals surface area contributed by atoms with Gasteiger partial charge in [0.05, 0.1) is 23.8 Å². The minimum atomic E-state index is -0.675. The Bertz CT molecular complexity index is 787. The monoisotopic (exact) mass is 311 g/mol. The standard InChI is InChI=1S/C17H14FN3O2/c18-13-3-1-2-12(7-13)16-8-14(22)10-21(16)17(23)15-6-11(9-19)4-5-20-15/h1-7,14,16,22H,8,10H2. The van der Waals surface area contributed by atoms with Crippen LogP contribution in [0.3, 0.4) is 0 Å². The minimum Gasteiger partial charge on any atom is -0.391 e. The third kappa shape index (κ3) is 3.05. The van der Waals surface area contributed by atoms with Crippen molar-refractivity contribution in [1.29, 1.82) is 5.26 Å². The average Bonchev–Trinajstić information content (AvgIpc) is 2.96. The number of nitriles is 1. The van der Waals surface area contributed by atoms with Crippen molar-refractivity contribution in [2.24, 2.45) is 0 Å². The van der Waals surface area contributed by atoms with Crippen LogP contribution in [-0.4, -0.2) is 33.5 Å². The molecule has 0 aliphatic carbocycles. The Labute approximate surface area is 132 Å². The number of aromatic nitrogens is 1. The van der Waals surface area contributed by atoms with Crippen molar-refractivity contribution in [2.75, 3.05) is 6.54 Å². The number of rotatable bonds is 2. The van der Waals surface area contributed by atoms with Crippen LogP contribution in [-0.2, 0) is 0 Å². The van der Waals surface area contributed by atoms with Gasteiger partial charge in [0.1, 0.15) is 11.5 Å². The van der Waals surface area contributed by atoms with Crippen LogP contribution in [0.4, 0.5) is 4.39 Å². The molecule has 1 amide bonds. The van der Waals surface area contributed by atoms with E-state index in [1.165, 1.54) is 35.4 Å². The lowest BCUT2D eigenvalue weighted by Crippen LogP contribution is -2.32. The zero-order valence-electron chi connectivity index (χ0n) is 12.2. The number of nitrogens with zero attached hydrogens (tertiary/aromatic N) is 3. The molecule has 1 N–H and O–H groups in total. The first-order valence-corrected chi connectivity index (χ1v) is 7.19. The molecule has 1 aromatic carbocycles. The van der Waals surface area contributed by atoms with E-state index in [9.17, 15) is 14.3 Å². The Balaban J connectivity index is 1.93. The maximum Gasteiger partial charge on any atom is 0.273 e. The molecule has 2 aromatic rings. The van der Waals surface area contributed by atoms with Crippen molar-refractivity contribution in [3.63, 3.8) is 0 Å². The zero-order chi connectivity index (χ0) is 16.4. The summed E-state index contributed by atoms with van der Waals surface area (Å²) in [6, 6.07) is 10.5. The number of hydrogen-bond acceptors (Lipinski definition) is 4. The van der Waals surface area contributed by atoms with E-state index in [2.05, 4.69) is 4.98 Å². The van der Waals surface area contributed by atoms with Crippen LogP contribution < -0.4 is 0 Å². The van der Waals surface area contributed by atoms with Crippen LogP contribution in [0.1, 0.15) is 34.1 Å². The number of halogens is 1. The molecule has 1 aliphatic rings. The Morgan fingerprint density at radius 1 is 1.39 bits per heavy atom. The summed E-state index contributed by atoms with van der Waals surface area (Å²) in [5, 5.41) is 18.9. The fraction of sp³-hybridized carbons (Fsp3) is 0.235. The van der Waals surface area contributed by atoms with E-state index in [0.717, 1.165) is 0 Å². The maximum absolute atomic E-state index is 13.5. The van der Waals surface area contributed by atoms with Crippen LogP contribution in [0.25, 0.3) is 0 Å². The van der Waals surface area contributed by atoms with E-state index in [4.69, 9.17) is 5.26 Å². The first-order chi connectivity index (χ1) is 11.1. The molecule has 6 heteroatoms. The Morgan fingerprint density at radius 3 is 2.96 bits per heavy atom. The molecule has 2 unspecified atom stereocenters. The van der Waals surface area contributed by atoms with Crippen molar-refractivity contribution in [2.45, 2.75) is 18.6 Å². The number of likely N-dealkylation sites (tertiary alicyclic amines) is 1. The Hall–Kier alpha value is -2.78. The quantitative estimate of drug-likeness (QED) is 0.920. The molecule has 5 nitrogen and oxygen atoms in total. The molecule has 1 saturated heterocycles. The normalized spacial score (nSPS) is 20.3. The molecule has 0 spiro atoms. The van der Waals surface area contributed by atoms with Crippen molar-refractivity contribution in [3.8, 4) is 6.07 Å². The first kappa shape index (κ1) is 15.1. The number of carbonyl (C=O) groups is 1. The number of aliphatic hydroxyl groups excluding tert-OH is 1. The summed E-state index contributed by atoms with van der Waals surface area (Å²) in [5.74, 6) is -0.770. The van der Waals surface area contributed by atoms with Gasteiger partial charge >= 0.3 is 0 Å². The fourth-order valence-electron chi connectivity index (χ4n) is 2.83. The predicted molar refractivity (Wildman–Crippen MR) is 79.8 cm³/mol. The number of carbonyl (C=O) groups excluding carboxylic acids is 1. The number of aliphatic hydroxyl groups is 1. The van der Waals surface area contributed by atoms with Gasteiger partial charge in [0.2, 0.25) is 0 Å². The molecule has 0 bridgehead atoms. The van der Waals surface area contributed by atoms with Gasteiger partial charge in [0.15, 0.2) is 0 Å². The molecule has 1 fully saturated rings. The molecule has 1 aliphatic heterocycles. The second kappa shape index (κ2) is 6.15. The SMILES string of the molecule is N#Cc1ccnc(C(=O)N2CC(O)CC2c2cccc(F)c2)c1. The summed E-state index contributed by atoms with van der Waals surface area (Å²) in [6.45, 7) is 0.151. The van der Waals surface area contributed by atoms with Crippen molar-refractivity contribution in [1.82, 2.24) is 9.88 Å². The average molecular weight is 311 g/mol. The van der Waals surface area contributed by atoms with E-state index in [-0.39, 0.29) is 24.0 Å². The van der Waals surface area contributed by atoms with Gasteiger partial charge in [-0.2, -0.15) is 5.26 Å². The molecule has 1 aromatic heterocycles. The van der Waals surface area contributed by atoms with Gasteiger partial charge in [0.25, 0.3) is 5.91 Å². The molecule has 3 rings (SSSR count). The summed E-state index contributed by atoms with van der Waals surface area (Å²) in [7, 11) is 0. The smallest absolute Gasteiger partial charge is 0.273 e. The molecule has 116 valence electrons. The lowest BCUT2D eigenvalue weighted by molar-refractivity contribution is 0.0709. The summed E-state index contributed by atoms with van der Waals surface area (Å²) in [5.41, 5.74) is 1.11. The highest BCUT2D eigenvalue weighted by Crippen LogP contribution is 2.33. The van der Waals surface area contributed by atoms with Gasteiger partial charge in [-0.25, -0.2) is 4.39 Å². The maximum atomic E-state index is 13.5. The van der Waals surface area contributed by atoms with E-state index < -0.39 is 12.1 Å². The Morgan fingerprint density at radius 2 is 2.22 bits per heavy atom. The van der Waals surface area contributed by atoms with Gasteiger partial charge in [0, 0.05) is 12.7 Å². The van der Waals surface area contributed by atoms with E-state index in [1.807, 2.05) is 6.07 Å². The molecule has 23 heavy (non-hydrogen) atoms. The lowest BCUT2D eigenvalue weighted by Gasteiger charge is -2.24. The van der Waals surface area contributed by atoms with Gasteiger partial charge in [-0.1, -0.05) is 12.1 Å². The van der Waals surface area contributed by atoms with Gasteiger partial charge in [-0.15, -0.1) is 0 Å². The van der Waals surface area contributed by atoms with E-state index in [0.29, 0.717) is 17.5 Å². The van der Waals surface area contributed by atoms with Crippen molar-refractivity contribution >= 4 is 5.91 Å². The van der Waals surface area contributed by atoms with Crippen LogP contribution in [0.5, 0.6) is 0 Å². The van der Waals surface area contributed by atoms with E-state index >= 15 is 0 Å². The fourth-order valence-corrected chi connectivity index (χ4v) is 2.83. The van der Waals surface area contributed by atoms with Crippen molar-refractivity contribution in [3.05, 3.63) is 65.2 Å². The lowest BCUT2D eigenvalue weighted by atomic mass is 10.0. The predicted octanol–water partition coefficient (Wildman–Crippen LogP) is 2.04. The second-order valence-corrected chi connectivity index (χ2v) is 5.46. The summed E-state index contributed by atoms with van der Waals surface area (Å²) >= 11 is 0. The number of benzene rings is 1. The Kier molecular flexibility index (Phi) is 4.04. The molecule has 2 heterocycles. The summed E-state index contributed by atoms with van der Waals surface area (Å²) in [4.78, 5) is 18.2. The third-order valence-electron chi connectivity index (χ3n) is 3.88. The van der Waals surface area contributed by atoms with Gasteiger partial charge in [-0.05, 0) is 36.2 Å². The van der Waals surface area contributed by atoms with Crippen LogP contribution in [0.15, 0.2) is 42.6 Å². The molecular weight excluding hydrogens is 297 g/mol. The molecular formula is C17H14FN3O2. The molecule has 0 radical (unpaired) electrons.